The molecule has 0 aliphatic heterocycles. The van der Waals surface area contributed by atoms with Crippen LogP contribution < -0.4 is 5.32 Å². The molecule has 0 aliphatic rings. The summed E-state index contributed by atoms with van der Waals surface area (Å²) in [6.45, 7) is 10.2. The van der Waals surface area contributed by atoms with Crippen LogP contribution in [0, 0.1) is 0 Å². The highest BCUT2D eigenvalue weighted by Gasteiger charge is 1.98. The van der Waals surface area contributed by atoms with Crippen molar-refractivity contribution in [1.29, 1.82) is 0 Å². The summed E-state index contributed by atoms with van der Waals surface area (Å²) < 4.78 is 4.56. The Morgan fingerprint density at radius 1 is 1.44 bits per heavy atom. The fraction of sp³-hybridized carbons (Fsp3) is 0.455. The molecular formula is C11H21NO4. The van der Waals surface area contributed by atoms with Crippen molar-refractivity contribution in [3.63, 3.8) is 0 Å². The van der Waals surface area contributed by atoms with Crippen LogP contribution in [-0.4, -0.2) is 37.7 Å². The molecule has 0 saturated carbocycles. The predicted molar refractivity (Wildman–Crippen MR) is 64.3 cm³/mol. The van der Waals surface area contributed by atoms with Gasteiger partial charge in [-0.25, -0.2) is 9.59 Å². The van der Waals surface area contributed by atoms with Crippen LogP contribution >= 0.6 is 0 Å². The van der Waals surface area contributed by atoms with E-state index in [4.69, 9.17) is 5.11 Å². The minimum absolute atomic E-state index is 0.312. The minimum Gasteiger partial charge on any atom is -0.478 e. The van der Waals surface area contributed by atoms with E-state index in [2.05, 4.69) is 23.2 Å². The maximum Gasteiger partial charge on any atom is 0.333 e. The highest BCUT2D eigenvalue weighted by molar-refractivity contribution is 5.86. The molecule has 5 heteroatoms. The quantitative estimate of drug-likeness (QED) is 0.564. The first-order valence-corrected chi connectivity index (χ1v) is 4.63. The van der Waals surface area contributed by atoms with E-state index < -0.39 is 5.97 Å². The lowest BCUT2D eigenvalue weighted by Crippen LogP contribution is -2.03. The van der Waals surface area contributed by atoms with Crippen LogP contribution in [-0.2, 0) is 14.3 Å². The van der Waals surface area contributed by atoms with Crippen molar-refractivity contribution in [2.24, 2.45) is 0 Å². The molecule has 2 N–H and O–H groups in total. The molecule has 0 radical (unpaired) electrons. The van der Waals surface area contributed by atoms with E-state index in [1.165, 1.54) is 0 Å². The maximum absolute atomic E-state index is 10.4. The van der Waals surface area contributed by atoms with Gasteiger partial charge in [-0.3, -0.25) is 0 Å². The van der Waals surface area contributed by atoms with E-state index >= 15 is 0 Å². The monoisotopic (exact) mass is 231 g/mol. The number of ether oxygens (including phenoxy) is 1. The molecule has 0 aliphatic carbocycles. The predicted octanol–water partition coefficient (Wildman–Crippen LogP) is 1.22. The molecule has 0 bridgehead atoms. The Bertz CT molecular complexity index is 224. The number of hydrogen-bond donors (Lipinski definition) is 2. The maximum atomic E-state index is 10.4. The van der Waals surface area contributed by atoms with Crippen molar-refractivity contribution in [2.45, 2.75) is 13.8 Å². The molecule has 0 unspecified atom stereocenters. The second kappa shape index (κ2) is 15.8. The summed E-state index contributed by atoms with van der Waals surface area (Å²) in [5.74, 6) is -1.29. The van der Waals surface area contributed by atoms with Gasteiger partial charge in [0.15, 0.2) is 0 Å². The number of hydrogen-bond acceptors (Lipinski definition) is 4. The van der Waals surface area contributed by atoms with Crippen molar-refractivity contribution in [2.75, 3.05) is 20.7 Å². The summed E-state index contributed by atoms with van der Waals surface area (Å²) in [4.78, 5) is 19.7. The SMILES string of the molecule is C=C(C)C(=O)OCC.C=CC(=O)O.CNC. The van der Waals surface area contributed by atoms with Gasteiger partial charge < -0.3 is 15.2 Å². The largest absolute Gasteiger partial charge is 0.478 e. The standard InChI is InChI=1S/C6H10O2.C3H4O2.C2H7N/c1-4-8-6(7)5(2)3;1-2-3(4)5;1-3-2/h2,4H2,1,3H3;2H,1H2,(H,4,5);3H,1-2H3. The topological polar surface area (TPSA) is 75.6 Å². The summed E-state index contributed by atoms with van der Waals surface area (Å²) in [6.07, 6.45) is 0.833. The molecule has 16 heavy (non-hydrogen) atoms. The molecule has 0 amide bonds. The molecular weight excluding hydrogens is 210 g/mol. The first kappa shape index (κ1) is 19.9. The van der Waals surface area contributed by atoms with E-state index in [0.717, 1.165) is 6.08 Å². The van der Waals surface area contributed by atoms with Crippen LogP contribution in [0.25, 0.3) is 0 Å². The van der Waals surface area contributed by atoms with Crippen molar-refractivity contribution >= 4 is 11.9 Å². The zero-order valence-corrected chi connectivity index (χ0v) is 10.4. The van der Waals surface area contributed by atoms with Gasteiger partial charge in [0, 0.05) is 11.6 Å². The van der Waals surface area contributed by atoms with Crippen LogP contribution in [0.15, 0.2) is 24.8 Å². The van der Waals surface area contributed by atoms with Gasteiger partial charge in [-0.1, -0.05) is 13.2 Å². The lowest BCUT2D eigenvalue weighted by molar-refractivity contribution is -0.138. The summed E-state index contributed by atoms with van der Waals surface area (Å²) in [5, 5.41) is 10.4. The van der Waals surface area contributed by atoms with Gasteiger partial charge in [0.05, 0.1) is 6.61 Å². The Morgan fingerprint density at radius 3 is 1.81 bits per heavy atom. The molecule has 0 spiro atoms. The van der Waals surface area contributed by atoms with Crippen LogP contribution in [0.1, 0.15) is 13.8 Å². The van der Waals surface area contributed by atoms with Crippen molar-refractivity contribution in [3.8, 4) is 0 Å². The van der Waals surface area contributed by atoms with Gasteiger partial charge in [0.2, 0.25) is 0 Å². The third-order valence-electron chi connectivity index (χ3n) is 0.799. The molecule has 0 aromatic carbocycles. The first-order chi connectivity index (χ1) is 7.37. The Kier molecular flexibility index (Phi) is 19.7. The van der Waals surface area contributed by atoms with Gasteiger partial charge in [-0.15, -0.1) is 0 Å². The second-order valence-corrected chi connectivity index (χ2v) is 2.54. The van der Waals surface area contributed by atoms with Gasteiger partial charge in [-0.05, 0) is 27.9 Å². The van der Waals surface area contributed by atoms with Crippen LogP contribution in [0.4, 0.5) is 0 Å². The zero-order chi connectivity index (χ0) is 13.6. The number of carbonyl (C=O) groups excluding carboxylic acids is 1. The molecule has 94 valence electrons. The molecule has 0 fully saturated rings. The average molecular weight is 231 g/mol. The zero-order valence-electron chi connectivity index (χ0n) is 10.4. The van der Waals surface area contributed by atoms with E-state index in [0.29, 0.717) is 12.2 Å². The molecule has 0 aromatic heterocycles. The molecule has 0 rings (SSSR count). The Labute approximate surface area is 96.8 Å². The average Bonchev–Trinajstić information content (AvgIpc) is 2.20. The van der Waals surface area contributed by atoms with Gasteiger partial charge in [-0.2, -0.15) is 0 Å². The van der Waals surface area contributed by atoms with Gasteiger partial charge in [0.1, 0.15) is 0 Å². The van der Waals surface area contributed by atoms with Crippen LogP contribution in [0.2, 0.25) is 0 Å². The molecule has 0 atom stereocenters. The number of nitrogens with one attached hydrogen (secondary N) is 1. The van der Waals surface area contributed by atoms with Crippen molar-refractivity contribution in [3.05, 3.63) is 24.8 Å². The van der Waals surface area contributed by atoms with E-state index in [9.17, 15) is 9.59 Å². The van der Waals surface area contributed by atoms with E-state index in [1.807, 2.05) is 14.1 Å². The number of carbonyl (C=O) groups is 2. The smallest absolute Gasteiger partial charge is 0.333 e. The third-order valence-corrected chi connectivity index (χ3v) is 0.799. The normalized spacial score (nSPS) is 7.25. The number of aliphatic carboxylic acids is 1. The number of carboxylic acids is 1. The second-order valence-electron chi connectivity index (χ2n) is 2.54. The number of rotatable bonds is 3. The first-order valence-electron chi connectivity index (χ1n) is 4.63. The lowest BCUT2D eigenvalue weighted by Gasteiger charge is -1.96. The fourth-order valence-corrected chi connectivity index (χ4v) is 0.254. The lowest BCUT2D eigenvalue weighted by atomic mass is 10.4. The molecule has 5 nitrogen and oxygen atoms in total. The summed E-state index contributed by atoms with van der Waals surface area (Å²) >= 11 is 0. The molecule has 0 aromatic rings. The minimum atomic E-state index is -0.981. The van der Waals surface area contributed by atoms with Crippen molar-refractivity contribution in [1.82, 2.24) is 5.32 Å². The number of esters is 1. The molecule has 0 heterocycles. The number of carboxylic acid groups (broad SMARTS) is 1. The third kappa shape index (κ3) is 29.4. The highest BCUT2D eigenvalue weighted by Crippen LogP contribution is 1.89. The van der Waals surface area contributed by atoms with Gasteiger partial charge in [0.25, 0.3) is 0 Å². The fourth-order valence-electron chi connectivity index (χ4n) is 0.254. The van der Waals surface area contributed by atoms with Crippen LogP contribution in [0.5, 0.6) is 0 Å². The van der Waals surface area contributed by atoms with E-state index in [-0.39, 0.29) is 5.97 Å². The summed E-state index contributed by atoms with van der Waals surface area (Å²) in [6, 6.07) is 0. The Balaban J connectivity index is -0.000000181. The van der Waals surface area contributed by atoms with Gasteiger partial charge >= 0.3 is 11.9 Å². The highest BCUT2D eigenvalue weighted by atomic mass is 16.5. The van der Waals surface area contributed by atoms with Crippen molar-refractivity contribution < 1.29 is 19.4 Å². The summed E-state index contributed by atoms with van der Waals surface area (Å²) in [5.41, 5.74) is 0.451. The van der Waals surface area contributed by atoms with E-state index in [1.54, 1.807) is 13.8 Å². The Morgan fingerprint density at radius 2 is 1.75 bits per heavy atom. The summed E-state index contributed by atoms with van der Waals surface area (Å²) in [7, 11) is 3.75. The Hall–Kier alpha value is -1.62. The molecule has 0 saturated heterocycles. The van der Waals surface area contributed by atoms with Crippen LogP contribution in [0.3, 0.4) is 0 Å².